The number of likely N-dealkylation sites (N-methyl/N-ethyl adjacent to an activating group) is 1. The van der Waals surface area contributed by atoms with Crippen LogP contribution in [0.3, 0.4) is 0 Å². The summed E-state index contributed by atoms with van der Waals surface area (Å²) in [4.78, 5) is 8.73. The standard InChI is InChI=1S/C15H22N4/c1-5-19(13-9-7-6-8-10-13)15-11-14(16-3)18(4)12(2)17-15/h6-12,17H,5H2,1-4H3. The number of anilines is 1. The molecule has 1 atom stereocenters. The SMILES string of the molecule is CCN(C1=CC(=NC)N(C)C(C)N1)c1ccccc1. The number of benzene rings is 1. The van der Waals surface area contributed by atoms with Crippen LogP contribution in [0.1, 0.15) is 13.8 Å². The van der Waals surface area contributed by atoms with E-state index < -0.39 is 0 Å². The molecule has 4 nitrogen and oxygen atoms in total. The Kier molecular flexibility index (Phi) is 4.10. The van der Waals surface area contributed by atoms with Crippen LogP contribution < -0.4 is 10.2 Å². The molecular weight excluding hydrogens is 236 g/mol. The van der Waals surface area contributed by atoms with Crippen molar-refractivity contribution in [3.05, 3.63) is 42.2 Å². The van der Waals surface area contributed by atoms with Crippen molar-refractivity contribution in [2.24, 2.45) is 4.99 Å². The van der Waals surface area contributed by atoms with Gasteiger partial charge in [0.2, 0.25) is 0 Å². The summed E-state index contributed by atoms with van der Waals surface area (Å²) in [7, 11) is 3.88. The average Bonchev–Trinajstić information content (AvgIpc) is 2.44. The van der Waals surface area contributed by atoms with Gasteiger partial charge < -0.3 is 15.1 Å². The Bertz CT molecular complexity index is 478. The van der Waals surface area contributed by atoms with E-state index in [1.807, 2.05) is 20.2 Å². The second-order valence-electron chi connectivity index (χ2n) is 4.62. The summed E-state index contributed by atoms with van der Waals surface area (Å²) in [6.45, 7) is 5.20. The van der Waals surface area contributed by atoms with Gasteiger partial charge in [0, 0.05) is 32.4 Å². The monoisotopic (exact) mass is 258 g/mol. The number of hydrogen-bond acceptors (Lipinski definition) is 3. The van der Waals surface area contributed by atoms with Crippen LogP contribution in [0.15, 0.2) is 47.2 Å². The highest BCUT2D eigenvalue weighted by atomic mass is 15.4. The van der Waals surface area contributed by atoms with Gasteiger partial charge in [-0.2, -0.15) is 0 Å². The van der Waals surface area contributed by atoms with E-state index >= 15 is 0 Å². The zero-order chi connectivity index (χ0) is 13.8. The highest BCUT2D eigenvalue weighted by Gasteiger charge is 2.22. The van der Waals surface area contributed by atoms with Crippen LogP contribution in [0.5, 0.6) is 0 Å². The predicted octanol–water partition coefficient (Wildman–Crippen LogP) is 2.26. The molecule has 1 aliphatic rings. The number of aliphatic imine (C=N–C) groups is 1. The fraction of sp³-hybridized carbons (Fsp3) is 0.400. The van der Waals surface area contributed by atoms with E-state index in [9.17, 15) is 0 Å². The zero-order valence-corrected chi connectivity index (χ0v) is 12.1. The molecule has 1 aromatic rings. The van der Waals surface area contributed by atoms with E-state index in [4.69, 9.17) is 0 Å². The number of rotatable bonds is 3. The Balaban J connectivity index is 2.34. The fourth-order valence-electron chi connectivity index (χ4n) is 2.25. The Morgan fingerprint density at radius 1 is 1.32 bits per heavy atom. The number of hydrogen-bond donors (Lipinski definition) is 1. The lowest BCUT2D eigenvalue weighted by atomic mass is 10.2. The second-order valence-corrected chi connectivity index (χ2v) is 4.62. The summed E-state index contributed by atoms with van der Waals surface area (Å²) >= 11 is 0. The topological polar surface area (TPSA) is 30.9 Å². The van der Waals surface area contributed by atoms with Crippen molar-refractivity contribution in [1.82, 2.24) is 10.2 Å². The minimum Gasteiger partial charge on any atom is -0.352 e. The number of para-hydroxylation sites is 1. The minimum absolute atomic E-state index is 0.233. The predicted molar refractivity (Wildman–Crippen MR) is 81.3 cm³/mol. The molecule has 0 saturated carbocycles. The molecule has 1 heterocycles. The highest BCUT2D eigenvalue weighted by Crippen LogP contribution is 2.20. The average molecular weight is 258 g/mol. The first kappa shape index (κ1) is 13.5. The Morgan fingerprint density at radius 2 is 2.00 bits per heavy atom. The van der Waals surface area contributed by atoms with Crippen molar-refractivity contribution in [2.45, 2.75) is 20.0 Å². The highest BCUT2D eigenvalue weighted by molar-refractivity contribution is 5.94. The van der Waals surface area contributed by atoms with Crippen molar-refractivity contribution >= 4 is 11.5 Å². The molecule has 102 valence electrons. The summed E-state index contributed by atoms with van der Waals surface area (Å²) in [6.07, 6.45) is 2.33. The lowest BCUT2D eigenvalue weighted by Crippen LogP contribution is -2.51. The van der Waals surface area contributed by atoms with Crippen LogP contribution in [0, 0.1) is 0 Å². The van der Waals surface area contributed by atoms with Crippen molar-refractivity contribution in [3.8, 4) is 0 Å². The normalized spacial score (nSPS) is 21.1. The Hall–Kier alpha value is -1.97. The van der Waals surface area contributed by atoms with Crippen LogP contribution in [-0.4, -0.2) is 37.5 Å². The van der Waals surface area contributed by atoms with Gasteiger partial charge in [0.1, 0.15) is 11.7 Å². The van der Waals surface area contributed by atoms with Gasteiger partial charge in [-0.05, 0) is 26.0 Å². The number of nitrogens with one attached hydrogen (secondary N) is 1. The third kappa shape index (κ3) is 2.72. The molecule has 0 radical (unpaired) electrons. The van der Waals surface area contributed by atoms with Crippen molar-refractivity contribution in [1.29, 1.82) is 0 Å². The van der Waals surface area contributed by atoms with E-state index in [-0.39, 0.29) is 6.17 Å². The molecule has 0 aliphatic carbocycles. The van der Waals surface area contributed by atoms with Gasteiger partial charge in [-0.1, -0.05) is 18.2 Å². The summed E-state index contributed by atoms with van der Waals surface area (Å²) in [5, 5.41) is 3.51. The molecule has 1 unspecified atom stereocenters. The molecule has 1 N–H and O–H groups in total. The number of amidine groups is 1. The summed E-state index contributed by atoms with van der Waals surface area (Å²) in [6, 6.07) is 10.4. The maximum absolute atomic E-state index is 4.34. The van der Waals surface area contributed by atoms with E-state index in [2.05, 4.69) is 64.3 Å². The van der Waals surface area contributed by atoms with E-state index in [0.717, 1.165) is 18.2 Å². The first-order valence-electron chi connectivity index (χ1n) is 6.67. The molecule has 19 heavy (non-hydrogen) atoms. The molecule has 1 aliphatic heterocycles. The third-order valence-electron chi connectivity index (χ3n) is 3.47. The summed E-state index contributed by atoms with van der Waals surface area (Å²) < 4.78 is 0. The van der Waals surface area contributed by atoms with Crippen molar-refractivity contribution in [2.75, 3.05) is 25.5 Å². The van der Waals surface area contributed by atoms with Crippen LogP contribution in [0.2, 0.25) is 0 Å². The first-order valence-corrected chi connectivity index (χ1v) is 6.67. The molecule has 1 aromatic carbocycles. The third-order valence-corrected chi connectivity index (χ3v) is 3.47. The quantitative estimate of drug-likeness (QED) is 0.902. The Morgan fingerprint density at radius 3 is 2.58 bits per heavy atom. The lowest BCUT2D eigenvalue weighted by molar-refractivity contribution is 0.338. The minimum atomic E-state index is 0.233. The largest absolute Gasteiger partial charge is 0.352 e. The van der Waals surface area contributed by atoms with Crippen molar-refractivity contribution < 1.29 is 0 Å². The molecule has 0 fully saturated rings. The fourth-order valence-corrected chi connectivity index (χ4v) is 2.25. The lowest BCUT2D eigenvalue weighted by Gasteiger charge is -2.38. The van der Waals surface area contributed by atoms with Gasteiger partial charge in [0.25, 0.3) is 0 Å². The molecule has 0 amide bonds. The van der Waals surface area contributed by atoms with E-state index in [1.165, 1.54) is 5.69 Å². The first-order chi connectivity index (χ1) is 9.17. The van der Waals surface area contributed by atoms with Gasteiger partial charge in [0.15, 0.2) is 0 Å². The second kappa shape index (κ2) is 5.78. The van der Waals surface area contributed by atoms with E-state index in [0.29, 0.717) is 0 Å². The summed E-state index contributed by atoms with van der Waals surface area (Å²) in [5.41, 5.74) is 1.19. The van der Waals surface area contributed by atoms with Crippen LogP contribution in [0.25, 0.3) is 0 Å². The molecule has 0 aromatic heterocycles. The smallest absolute Gasteiger partial charge is 0.128 e. The maximum Gasteiger partial charge on any atom is 0.128 e. The zero-order valence-electron chi connectivity index (χ0n) is 12.1. The van der Waals surface area contributed by atoms with Gasteiger partial charge in [0.05, 0.1) is 6.17 Å². The maximum atomic E-state index is 4.34. The molecular formula is C15H22N4. The molecule has 0 spiro atoms. The number of nitrogens with zero attached hydrogens (tertiary/aromatic N) is 3. The van der Waals surface area contributed by atoms with Gasteiger partial charge in [-0.25, -0.2) is 0 Å². The van der Waals surface area contributed by atoms with Gasteiger partial charge in [-0.15, -0.1) is 0 Å². The summed E-state index contributed by atoms with van der Waals surface area (Å²) in [5.74, 6) is 2.09. The van der Waals surface area contributed by atoms with Crippen LogP contribution in [-0.2, 0) is 0 Å². The van der Waals surface area contributed by atoms with Crippen LogP contribution in [0.4, 0.5) is 5.69 Å². The molecule has 4 heteroatoms. The van der Waals surface area contributed by atoms with Gasteiger partial charge in [-0.3, -0.25) is 4.99 Å². The van der Waals surface area contributed by atoms with Gasteiger partial charge >= 0.3 is 0 Å². The molecule has 2 rings (SSSR count). The molecule has 0 saturated heterocycles. The van der Waals surface area contributed by atoms with Crippen LogP contribution >= 0.6 is 0 Å². The van der Waals surface area contributed by atoms with E-state index in [1.54, 1.807) is 0 Å². The van der Waals surface area contributed by atoms with Crippen molar-refractivity contribution in [3.63, 3.8) is 0 Å². The Labute approximate surface area is 115 Å². The molecule has 0 bridgehead atoms.